The molecule has 2 aromatic rings. The van der Waals surface area contributed by atoms with Crippen molar-refractivity contribution in [2.75, 3.05) is 46.6 Å². The van der Waals surface area contributed by atoms with E-state index < -0.39 is 0 Å². The number of morpholine rings is 1. The highest BCUT2D eigenvalue weighted by atomic mass is 32.1. The summed E-state index contributed by atoms with van der Waals surface area (Å²) < 4.78 is 15.9. The summed E-state index contributed by atoms with van der Waals surface area (Å²) in [6.07, 6.45) is 0.748. The molecule has 1 aliphatic heterocycles. The van der Waals surface area contributed by atoms with E-state index in [1.807, 2.05) is 32.0 Å². The largest absolute Gasteiger partial charge is 0.633 e. The summed E-state index contributed by atoms with van der Waals surface area (Å²) in [5, 5.41) is 13.5. The Kier molecular flexibility index (Phi) is 8.18. The molecule has 1 aliphatic rings. The van der Waals surface area contributed by atoms with Crippen LogP contribution in [0.2, 0.25) is 0 Å². The molecule has 0 amide bonds. The predicted molar refractivity (Wildman–Crippen MR) is 105 cm³/mol. The summed E-state index contributed by atoms with van der Waals surface area (Å²) in [7, 11) is 1.68. The first-order valence-corrected chi connectivity index (χ1v) is 9.81. The molecule has 0 spiro atoms. The number of hydrogen-bond donors (Lipinski definition) is 0. The quantitative estimate of drug-likeness (QED) is 0.424. The minimum atomic E-state index is -0.125. The second kappa shape index (κ2) is 10.4. The summed E-state index contributed by atoms with van der Waals surface area (Å²) in [6.45, 7) is 7.49. The number of ether oxygens (including phenoxy) is 3. The Morgan fingerprint density at radius 3 is 2.41 bits per heavy atom. The SMILES string of the molecule is CCOc1ccc(-c2nc(C=O)cs2)cc1OCC.C[N+]1([O-])CCOCC1. The molecule has 0 radical (unpaired) electrons. The smallest absolute Gasteiger partial charge is 0.169 e. The van der Waals surface area contributed by atoms with Crippen molar-refractivity contribution in [3.8, 4) is 22.1 Å². The molecule has 1 aromatic carbocycles. The molecule has 0 N–H and O–H groups in total. The van der Waals surface area contributed by atoms with Gasteiger partial charge in [0, 0.05) is 10.9 Å². The van der Waals surface area contributed by atoms with Gasteiger partial charge < -0.3 is 24.1 Å². The Morgan fingerprint density at radius 2 is 1.89 bits per heavy atom. The zero-order valence-corrected chi connectivity index (χ0v) is 16.8. The number of likely N-dealkylation sites (N-methyl/N-ethyl adjacent to an activating group) is 1. The van der Waals surface area contributed by atoms with Crippen LogP contribution < -0.4 is 9.47 Å². The van der Waals surface area contributed by atoms with Crippen LogP contribution in [-0.4, -0.2) is 62.5 Å². The van der Waals surface area contributed by atoms with Gasteiger partial charge >= 0.3 is 0 Å². The standard InChI is InChI=1S/C14H15NO3S.C5H11NO2/c1-3-17-12-6-5-10(7-13(12)18-4-2)14-15-11(8-16)9-19-14;1-6(7)2-4-8-5-3-6/h5-9H,3-4H2,1-2H3;2-5H2,1H3. The van der Waals surface area contributed by atoms with Crippen molar-refractivity contribution in [2.24, 2.45) is 0 Å². The molecule has 7 nitrogen and oxygen atoms in total. The molecule has 8 heteroatoms. The number of aldehydes is 1. The summed E-state index contributed by atoms with van der Waals surface area (Å²) in [6, 6.07) is 5.68. The molecule has 2 heterocycles. The average Bonchev–Trinajstić information content (AvgIpc) is 3.13. The van der Waals surface area contributed by atoms with Crippen molar-refractivity contribution in [2.45, 2.75) is 13.8 Å². The van der Waals surface area contributed by atoms with Crippen LogP contribution in [0.15, 0.2) is 23.6 Å². The molecular weight excluding hydrogens is 368 g/mol. The lowest BCUT2D eigenvalue weighted by molar-refractivity contribution is -0.869. The molecule has 148 valence electrons. The molecule has 0 aliphatic carbocycles. The molecule has 0 bridgehead atoms. The van der Waals surface area contributed by atoms with Gasteiger partial charge in [0.05, 0.1) is 33.5 Å². The second-order valence-electron chi connectivity index (χ2n) is 6.08. The molecular formula is C19H26N2O5S. The lowest BCUT2D eigenvalue weighted by Crippen LogP contribution is -2.46. The fourth-order valence-corrected chi connectivity index (χ4v) is 3.15. The summed E-state index contributed by atoms with van der Waals surface area (Å²) in [5.74, 6) is 1.42. The maximum atomic E-state index is 11.0. The van der Waals surface area contributed by atoms with Crippen LogP contribution in [0.3, 0.4) is 0 Å². The second-order valence-corrected chi connectivity index (χ2v) is 6.94. The normalized spacial score (nSPS) is 15.4. The van der Waals surface area contributed by atoms with E-state index in [0.717, 1.165) is 22.6 Å². The van der Waals surface area contributed by atoms with Gasteiger partial charge in [0.2, 0.25) is 0 Å². The van der Waals surface area contributed by atoms with Crippen molar-refractivity contribution in [3.63, 3.8) is 0 Å². The van der Waals surface area contributed by atoms with Crippen molar-refractivity contribution >= 4 is 17.6 Å². The summed E-state index contributed by atoms with van der Waals surface area (Å²) in [5.41, 5.74) is 1.37. The van der Waals surface area contributed by atoms with Crippen LogP contribution in [0, 0.1) is 5.21 Å². The van der Waals surface area contributed by atoms with Gasteiger partial charge in [-0.2, -0.15) is 0 Å². The fraction of sp³-hybridized carbons (Fsp3) is 0.474. The van der Waals surface area contributed by atoms with Gasteiger partial charge in [-0.1, -0.05) is 0 Å². The van der Waals surface area contributed by atoms with Gasteiger partial charge in [0.15, 0.2) is 17.8 Å². The number of thiazole rings is 1. The predicted octanol–water partition coefficient (Wildman–Crippen LogP) is 3.38. The van der Waals surface area contributed by atoms with E-state index in [4.69, 9.17) is 14.2 Å². The average molecular weight is 394 g/mol. The number of rotatable bonds is 6. The van der Waals surface area contributed by atoms with E-state index in [0.29, 0.717) is 51.0 Å². The topological polar surface area (TPSA) is 80.7 Å². The van der Waals surface area contributed by atoms with Crippen LogP contribution in [-0.2, 0) is 4.74 Å². The van der Waals surface area contributed by atoms with Gasteiger partial charge in [-0.25, -0.2) is 4.98 Å². The van der Waals surface area contributed by atoms with Crippen molar-refractivity contribution in [1.82, 2.24) is 4.98 Å². The number of nitrogens with zero attached hydrogens (tertiary/aromatic N) is 2. The lowest BCUT2D eigenvalue weighted by atomic mass is 10.2. The Labute approximate surface area is 163 Å². The van der Waals surface area contributed by atoms with Crippen LogP contribution in [0.25, 0.3) is 10.6 Å². The monoisotopic (exact) mass is 394 g/mol. The number of aromatic nitrogens is 1. The third kappa shape index (κ3) is 6.59. The highest BCUT2D eigenvalue weighted by Crippen LogP contribution is 2.33. The van der Waals surface area contributed by atoms with E-state index in [-0.39, 0.29) is 4.65 Å². The van der Waals surface area contributed by atoms with E-state index in [2.05, 4.69) is 4.98 Å². The molecule has 0 saturated carbocycles. The Hall–Kier alpha value is -2.00. The number of hydroxylamine groups is 3. The van der Waals surface area contributed by atoms with Crippen molar-refractivity contribution < 1.29 is 23.7 Å². The highest BCUT2D eigenvalue weighted by Gasteiger charge is 2.14. The summed E-state index contributed by atoms with van der Waals surface area (Å²) in [4.78, 5) is 14.9. The number of benzene rings is 1. The highest BCUT2D eigenvalue weighted by molar-refractivity contribution is 7.13. The molecule has 27 heavy (non-hydrogen) atoms. The van der Waals surface area contributed by atoms with E-state index in [1.165, 1.54) is 11.3 Å². The zero-order valence-electron chi connectivity index (χ0n) is 16.0. The van der Waals surface area contributed by atoms with Crippen LogP contribution in [0.4, 0.5) is 0 Å². The Morgan fingerprint density at radius 1 is 1.22 bits per heavy atom. The van der Waals surface area contributed by atoms with Gasteiger partial charge in [-0.3, -0.25) is 4.79 Å². The number of quaternary nitrogens is 1. The number of hydrogen-bond acceptors (Lipinski definition) is 7. The van der Waals surface area contributed by atoms with Gasteiger partial charge in [-0.05, 0) is 32.0 Å². The van der Waals surface area contributed by atoms with Gasteiger partial charge in [0.1, 0.15) is 23.8 Å². The molecule has 1 fully saturated rings. The van der Waals surface area contributed by atoms with Crippen LogP contribution >= 0.6 is 11.3 Å². The zero-order chi connectivity index (χ0) is 19.7. The van der Waals surface area contributed by atoms with Crippen LogP contribution in [0.5, 0.6) is 11.5 Å². The van der Waals surface area contributed by atoms with Crippen molar-refractivity contribution in [1.29, 1.82) is 0 Å². The third-order valence-electron chi connectivity index (χ3n) is 3.85. The lowest BCUT2D eigenvalue weighted by Gasteiger charge is -2.41. The van der Waals surface area contributed by atoms with Crippen LogP contribution in [0.1, 0.15) is 24.3 Å². The molecule has 0 unspecified atom stereocenters. The molecule has 0 atom stereocenters. The first kappa shape index (κ1) is 21.3. The molecule has 1 aromatic heterocycles. The first-order chi connectivity index (χ1) is 13.0. The van der Waals surface area contributed by atoms with E-state index in [1.54, 1.807) is 12.4 Å². The van der Waals surface area contributed by atoms with E-state index >= 15 is 0 Å². The maximum Gasteiger partial charge on any atom is 0.169 e. The fourth-order valence-electron chi connectivity index (χ4n) is 2.39. The summed E-state index contributed by atoms with van der Waals surface area (Å²) >= 11 is 1.43. The van der Waals surface area contributed by atoms with E-state index in [9.17, 15) is 10.0 Å². The Balaban J connectivity index is 0.000000273. The minimum absolute atomic E-state index is 0.125. The molecule has 3 rings (SSSR count). The Bertz CT molecular complexity index is 725. The molecule has 1 saturated heterocycles. The minimum Gasteiger partial charge on any atom is -0.633 e. The first-order valence-electron chi connectivity index (χ1n) is 8.93. The number of carbonyl (C=O) groups excluding carboxylic acids is 1. The van der Waals surface area contributed by atoms with Gasteiger partial charge in [-0.15, -0.1) is 11.3 Å². The number of carbonyl (C=O) groups is 1. The maximum absolute atomic E-state index is 11.0. The third-order valence-corrected chi connectivity index (χ3v) is 4.76. The van der Waals surface area contributed by atoms with Crippen molar-refractivity contribution in [3.05, 3.63) is 34.5 Å². The van der Waals surface area contributed by atoms with Gasteiger partial charge in [0.25, 0.3) is 0 Å².